The maximum Gasteiger partial charge on any atom is 0.339 e. The van der Waals surface area contributed by atoms with E-state index in [1.807, 2.05) is 24.3 Å². The van der Waals surface area contributed by atoms with Crippen LogP contribution in [0.25, 0.3) is 22.4 Å². The molecule has 1 atom stereocenters. The van der Waals surface area contributed by atoms with E-state index in [-0.39, 0.29) is 6.61 Å². The molecule has 8 nitrogen and oxygen atoms in total. The van der Waals surface area contributed by atoms with Gasteiger partial charge in [0.15, 0.2) is 6.10 Å². The van der Waals surface area contributed by atoms with Gasteiger partial charge in [0.2, 0.25) is 0 Å². The first-order valence-corrected chi connectivity index (χ1v) is 10.8. The third-order valence-electron chi connectivity index (χ3n) is 5.11. The number of nitrogens with one attached hydrogen (secondary N) is 2. The number of hydrogen-bond acceptors (Lipinski definition) is 6. The van der Waals surface area contributed by atoms with Gasteiger partial charge < -0.3 is 19.8 Å². The third-order valence-corrected chi connectivity index (χ3v) is 5.11. The van der Waals surface area contributed by atoms with E-state index in [1.165, 1.54) is 6.92 Å². The maximum absolute atomic E-state index is 12.9. The molecule has 1 aromatic heterocycles. The van der Waals surface area contributed by atoms with Gasteiger partial charge in [0, 0.05) is 11.3 Å². The van der Waals surface area contributed by atoms with Crippen LogP contribution in [0.4, 0.5) is 5.69 Å². The van der Waals surface area contributed by atoms with Crippen LogP contribution in [-0.2, 0) is 14.3 Å². The van der Waals surface area contributed by atoms with Crippen molar-refractivity contribution in [1.29, 1.82) is 0 Å². The lowest BCUT2D eigenvalue weighted by atomic mass is 10.1. The van der Waals surface area contributed by atoms with Crippen LogP contribution in [0.5, 0.6) is 0 Å². The lowest BCUT2D eigenvalue weighted by Crippen LogP contribution is -2.30. The average molecular weight is 457 g/mol. The molecule has 0 fully saturated rings. The van der Waals surface area contributed by atoms with Crippen LogP contribution >= 0.6 is 0 Å². The van der Waals surface area contributed by atoms with E-state index in [0.717, 1.165) is 11.0 Å². The quantitative estimate of drug-likeness (QED) is 0.393. The summed E-state index contributed by atoms with van der Waals surface area (Å²) in [7, 11) is 0. The molecule has 2 N–H and O–H groups in total. The molecule has 0 spiro atoms. The van der Waals surface area contributed by atoms with E-state index in [9.17, 15) is 14.4 Å². The van der Waals surface area contributed by atoms with Crippen LogP contribution in [0, 0.1) is 0 Å². The number of nitrogens with zero attached hydrogens (tertiary/aromatic N) is 1. The fourth-order valence-corrected chi connectivity index (χ4v) is 3.37. The largest absolute Gasteiger partial charge is 0.462 e. The number of aromatic nitrogens is 2. The van der Waals surface area contributed by atoms with Crippen molar-refractivity contribution in [3.05, 3.63) is 83.9 Å². The summed E-state index contributed by atoms with van der Waals surface area (Å²) in [5.41, 5.74) is 3.33. The molecule has 1 amide bonds. The zero-order valence-corrected chi connectivity index (χ0v) is 18.7. The molecule has 0 aliphatic rings. The van der Waals surface area contributed by atoms with Crippen LogP contribution < -0.4 is 5.32 Å². The number of rotatable bonds is 7. The zero-order valence-electron chi connectivity index (χ0n) is 18.7. The first-order chi connectivity index (χ1) is 16.5. The molecule has 34 heavy (non-hydrogen) atoms. The molecule has 0 radical (unpaired) electrons. The van der Waals surface area contributed by atoms with Gasteiger partial charge in [0.1, 0.15) is 5.82 Å². The number of amides is 1. The predicted molar refractivity (Wildman–Crippen MR) is 127 cm³/mol. The minimum absolute atomic E-state index is 0.277. The van der Waals surface area contributed by atoms with Crippen molar-refractivity contribution >= 4 is 34.6 Å². The van der Waals surface area contributed by atoms with Crippen LogP contribution in [0.1, 0.15) is 34.6 Å². The van der Waals surface area contributed by atoms with E-state index in [2.05, 4.69) is 15.3 Å². The molecule has 1 unspecified atom stereocenters. The lowest BCUT2D eigenvalue weighted by Gasteiger charge is -2.15. The molecule has 0 saturated carbocycles. The first kappa shape index (κ1) is 22.7. The number of hydrogen-bond donors (Lipinski definition) is 2. The Morgan fingerprint density at radius 1 is 0.941 bits per heavy atom. The van der Waals surface area contributed by atoms with E-state index >= 15 is 0 Å². The van der Waals surface area contributed by atoms with Gasteiger partial charge >= 0.3 is 11.9 Å². The summed E-state index contributed by atoms with van der Waals surface area (Å²) < 4.78 is 10.4. The number of para-hydroxylation sites is 2. The normalized spacial score (nSPS) is 11.6. The maximum atomic E-state index is 12.9. The van der Waals surface area contributed by atoms with Crippen molar-refractivity contribution in [2.75, 3.05) is 11.9 Å². The Morgan fingerprint density at radius 2 is 1.65 bits per heavy atom. The van der Waals surface area contributed by atoms with Gasteiger partial charge in [-0.05, 0) is 56.3 Å². The third kappa shape index (κ3) is 4.96. The standard InChI is InChI=1S/C26H23N3O5/c1-3-33-25(31)17-12-14-18(15-13-17)27-24(30)16(2)34-26(32)20-9-5-4-8-19(20)23-28-21-10-6-7-11-22(21)29-23/h4-16H,3H2,1-2H3,(H,27,30)(H,28,29). The highest BCUT2D eigenvalue weighted by atomic mass is 16.5. The second-order valence-corrected chi connectivity index (χ2v) is 7.48. The number of fused-ring (bicyclic) bond motifs is 1. The molecule has 4 rings (SSSR count). The monoisotopic (exact) mass is 457 g/mol. The van der Waals surface area contributed by atoms with E-state index in [1.54, 1.807) is 55.5 Å². The fraction of sp³-hybridized carbons (Fsp3) is 0.154. The predicted octanol–water partition coefficient (Wildman–Crippen LogP) is 4.59. The number of H-pyrrole nitrogens is 1. The van der Waals surface area contributed by atoms with E-state index < -0.39 is 23.9 Å². The second-order valence-electron chi connectivity index (χ2n) is 7.48. The highest BCUT2D eigenvalue weighted by Crippen LogP contribution is 2.25. The van der Waals surface area contributed by atoms with Crippen LogP contribution in [0.15, 0.2) is 72.8 Å². The number of imidazole rings is 1. The lowest BCUT2D eigenvalue weighted by molar-refractivity contribution is -0.123. The summed E-state index contributed by atoms with van der Waals surface area (Å²) in [6.45, 7) is 3.49. The van der Waals surface area contributed by atoms with Gasteiger partial charge in [0.05, 0.1) is 28.8 Å². The highest BCUT2D eigenvalue weighted by molar-refractivity contribution is 6.00. The Labute approximate surface area is 195 Å². The molecular formula is C26H23N3O5. The number of benzene rings is 3. The van der Waals surface area contributed by atoms with Gasteiger partial charge in [0.25, 0.3) is 5.91 Å². The topological polar surface area (TPSA) is 110 Å². The van der Waals surface area contributed by atoms with Crippen molar-refractivity contribution in [2.24, 2.45) is 0 Å². The number of carbonyl (C=O) groups excluding carboxylic acids is 3. The molecular weight excluding hydrogens is 434 g/mol. The Kier molecular flexibility index (Phi) is 6.68. The molecule has 1 heterocycles. The summed E-state index contributed by atoms with van der Waals surface area (Å²) >= 11 is 0. The summed E-state index contributed by atoms with van der Waals surface area (Å²) in [6, 6.07) is 20.7. The van der Waals surface area contributed by atoms with Crippen molar-refractivity contribution in [2.45, 2.75) is 20.0 Å². The van der Waals surface area contributed by atoms with Crippen molar-refractivity contribution < 1.29 is 23.9 Å². The summed E-state index contributed by atoms with van der Waals surface area (Å²) in [5, 5.41) is 2.67. The minimum atomic E-state index is -1.05. The number of anilines is 1. The van der Waals surface area contributed by atoms with Crippen LogP contribution in [0.3, 0.4) is 0 Å². The fourth-order valence-electron chi connectivity index (χ4n) is 3.37. The first-order valence-electron chi connectivity index (χ1n) is 10.8. The van der Waals surface area contributed by atoms with Crippen LogP contribution in [-0.4, -0.2) is 40.5 Å². The number of aromatic amines is 1. The Hall–Kier alpha value is -4.46. The van der Waals surface area contributed by atoms with Gasteiger partial charge in [-0.25, -0.2) is 14.6 Å². The molecule has 8 heteroatoms. The number of ether oxygens (including phenoxy) is 2. The van der Waals surface area contributed by atoms with Gasteiger partial charge in [-0.1, -0.05) is 30.3 Å². The molecule has 172 valence electrons. The summed E-state index contributed by atoms with van der Waals surface area (Å²) in [6.07, 6.45) is -1.05. The molecule has 0 saturated heterocycles. The Balaban J connectivity index is 1.44. The average Bonchev–Trinajstić information content (AvgIpc) is 3.29. The summed E-state index contributed by atoms with van der Waals surface area (Å²) in [4.78, 5) is 45.0. The number of esters is 2. The minimum Gasteiger partial charge on any atom is -0.462 e. The van der Waals surface area contributed by atoms with E-state index in [0.29, 0.717) is 28.2 Å². The van der Waals surface area contributed by atoms with Crippen molar-refractivity contribution in [1.82, 2.24) is 9.97 Å². The van der Waals surface area contributed by atoms with Gasteiger partial charge in [-0.3, -0.25) is 4.79 Å². The van der Waals surface area contributed by atoms with E-state index in [4.69, 9.17) is 9.47 Å². The smallest absolute Gasteiger partial charge is 0.339 e. The van der Waals surface area contributed by atoms with Crippen LogP contribution in [0.2, 0.25) is 0 Å². The second kappa shape index (κ2) is 9.99. The van der Waals surface area contributed by atoms with Crippen molar-refractivity contribution in [3.8, 4) is 11.4 Å². The zero-order chi connectivity index (χ0) is 24.1. The molecule has 3 aromatic carbocycles. The molecule has 4 aromatic rings. The van der Waals surface area contributed by atoms with Crippen molar-refractivity contribution in [3.63, 3.8) is 0 Å². The highest BCUT2D eigenvalue weighted by Gasteiger charge is 2.22. The molecule has 0 bridgehead atoms. The Morgan fingerprint density at radius 3 is 2.38 bits per heavy atom. The van der Waals surface area contributed by atoms with Gasteiger partial charge in [-0.2, -0.15) is 0 Å². The summed E-state index contributed by atoms with van der Waals surface area (Å²) in [5.74, 6) is -1.05. The number of carbonyl (C=O) groups is 3. The SMILES string of the molecule is CCOC(=O)c1ccc(NC(=O)C(C)OC(=O)c2ccccc2-c2nc3ccccc3[nH]2)cc1. The van der Waals surface area contributed by atoms with Gasteiger partial charge in [-0.15, -0.1) is 0 Å². The molecule has 0 aliphatic carbocycles. The molecule has 0 aliphatic heterocycles. The Bertz CT molecular complexity index is 1310.